The summed E-state index contributed by atoms with van der Waals surface area (Å²) in [5.74, 6) is 0.168. The molecule has 0 aliphatic carbocycles. The molecule has 3 aromatic rings. The number of non-ortho nitro benzene ring substituents is 1. The number of benzene rings is 2. The Hall–Kier alpha value is -3.59. The van der Waals surface area contributed by atoms with Gasteiger partial charge >= 0.3 is 0 Å². The molecular formula is C18H13ClN4O5. The Morgan fingerprint density at radius 2 is 1.82 bits per heavy atom. The summed E-state index contributed by atoms with van der Waals surface area (Å²) >= 11 is 6.22. The van der Waals surface area contributed by atoms with Crippen molar-refractivity contribution < 1.29 is 14.3 Å². The lowest BCUT2D eigenvalue weighted by Crippen LogP contribution is -1.94. The first kappa shape index (κ1) is 19.2. The number of nitrogens with zero attached hydrogens (tertiary/aromatic N) is 4. The van der Waals surface area contributed by atoms with Crippen molar-refractivity contribution in [3.63, 3.8) is 0 Å². The quantitative estimate of drug-likeness (QED) is 0.427. The molecule has 0 radical (unpaired) electrons. The highest BCUT2D eigenvalue weighted by atomic mass is 35.5. The summed E-state index contributed by atoms with van der Waals surface area (Å²) < 4.78 is 5.50. The van der Waals surface area contributed by atoms with Gasteiger partial charge in [-0.1, -0.05) is 30.7 Å². The van der Waals surface area contributed by atoms with E-state index >= 15 is 0 Å². The standard InChI is InChI=1S/C18H13ClN4O5/c1-2-12-4-3-11(10-16(12)23(26)27)9-15(19)18-21-20-17(28-18)13-5-7-14(8-6-13)22(24)25/h3-10H,2H2,1H3/b15-9-. The average molecular weight is 401 g/mol. The molecule has 0 saturated carbocycles. The minimum absolute atomic E-state index is 0.0119. The number of aromatic nitrogens is 2. The van der Waals surface area contributed by atoms with Crippen molar-refractivity contribution in [3.8, 4) is 11.5 Å². The lowest BCUT2D eigenvalue weighted by Gasteiger charge is -2.01. The first-order chi connectivity index (χ1) is 13.4. The van der Waals surface area contributed by atoms with Crippen molar-refractivity contribution in [2.75, 3.05) is 0 Å². The van der Waals surface area contributed by atoms with E-state index in [9.17, 15) is 20.2 Å². The number of rotatable bonds is 6. The molecule has 28 heavy (non-hydrogen) atoms. The van der Waals surface area contributed by atoms with Crippen LogP contribution in [-0.4, -0.2) is 20.0 Å². The molecule has 0 aliphatic rings. The van der Waals surface area contributed by atoms with E-state index in [0.29, 0.717) is 23.1 Å². The Morgan fingerprint density at radius 1 is 1.11 bits per heavy atom. The van der Waals surface area contributed by atoms with Gasteiger partial charge in [0.25, 0.3) is 17.3 Å². The van der Waals surface area contributed by atoms with E-state index < -0.39 is 9.85 Å². The summed E-state index contributed by atoms with van der Waals surface area (Å²) in [6, 6.07) is 10.4. The van der Waals surface area contributed by atoms with E-state index in [1.807, 2.05) is 6.92 Å². The van der Waals surface area contributed by atoms with E-state index in [1.54, 1.807) is 12.1 Å². The molecule has 142 valence electrons. The van der Waals surface area contributed by atoms with Gasteiger partial charge in [-0.3, -0.25) is 20.2 Å². The van der Waals surface area contributed by atoms with E-state index in [4.69, 9.17) is 16.0 Å². The van der Waals surface area contributed by atoms with Gasteiger partial charge in [-0.15, -0.1) is 10.2 Å². The van der Waals surface area contributed by atoms with Gasteiger partial charge in [0.2, 0.25) is 5.89 Å². The maximum atomic E-state index is 11.2. The van der Waals surface area contributed by atoms with E-state index in [-0.39, 0.29) is 28.2 Å². The average Bonchev–Trinajstić information content (AvgIpc) is 3.18. The molecule has 1 aromatic heterocycles. The van der Waals surface area contributed by atoms with Crippen LogP contribution < -0.4 is 0 Å². The number of nitro groups is 2. The predicted molar refractivity (Wildman–Crippen MR) is 103 cm³/mol. The second-order valence-corrected chi connectivity index (χ2v) is 6.11. The smallest absolute Gasteiger partial charge is 0.273 e. The Morgan fingerprint density at radius 3 is 2.43 bits per heavy atom. The number of hydrogen-bond acceptors (Lipinski definition) is 7. The zero-order chi connectivity index (χ0) is 20.3. The molecule has 0 saturated heterocycles. The van der Waals surface area contributed by atoms with Crippen LogP contribution in [0.4, 0.5) is 11.4 Å². The summed E-state index contributed by atoms with van der Waals surface area (Å²) in [6.07, 6.45) is 2.03. The molecule has 2 aromatic carbocycles. The maximum absolute atomic E-state index is 11.2. The third kappa shape index (κ3) is 4.04. The van der Waals surface area contributed by atoms with Crippen LogP contribution in [0.3, 0.4) is 0 Å². The highest BCUT2D eigenvalue weighted by molar-refractivity contribution is 6.50. The first-order valence-corrected chi connectivity index (χ1v) is 8.50. The SMILES string of the molecule is CCc1ccc(/C=C(\Cl)c2nnc(-c3ccc([N+](=O)[O-])cc3)o2)cc1[N+](=O)[O-]. The highest BCUT2D eigenvalue weighted by Gasteiger charge is 2.15. The molecule has 0 fully saturated rings. The summed E-state index contributed by atoms with van der Waals surface area (Å²) in [7, 11) is 0. The van der Waals surface area contributed by atoms with Gasteiger partial charge in [0, 0.05) is 29.3 Å². The zero-order valence-corrected chi connectivity index (χ0v) is 15.3. The first-order valence-electron chi connectivity index (χ1n) is 8.12. The lowest BCUT2D eigenvalue weighted by atomic mass is 10.1. The topological polar surface area (TPSA) is 125 Å². The van der Waals surface area contributed by atoms with Gasteiger partial charge in [-0.25, -0.2) is 0 Å². The summed E-state index contributed by atoms with van der Waals surface area (Å²) in [4.78, 5) is 20.9. The number of hydrogen-bond donors (Lipinski definition) is 0. The fourth-order valence-corrected chi connectivity index (χ4v) is 2.71. The van der Waals surface area contributed by atoms with Crippen molar-refractivity contribution in [1.29, 1.82) is 0 Å². The van der Waals surface area contributed by atoms with Crippen molar-refractivity contribution in [2.24, 2.45) is 0 Å². The maximum Gasteiger partial charge on any atom is 0.273 e. The van der Waals surface area contributed by atoms with Crippen LogP contribution in [-0.2, 0) is 6.42 Å². The molecule has 9 nitrogen and oxygen atoms in total. The van der Waals surface area contributed by atoms with Crippen molar-refractivity contribution in [2.45, 2.75) is 13.3 Å². The van der Waals surface area contributed by atoms with Crippen LogP contribution in [0.1, 0.15) is 23.9 Å². The second kappa shape index (κ2) is 7.97. The van der Waals surface area contributed by atoms with Gasteiger partial charge in [0.15, 0.2) is 0 Å². The molecule has 0 unspecified atom stereocenters. The number of aryl methyl sites for hydroxylation is 1. The Labute approximate surface area is 163 Å². The van der Waals surface area contributed by atoms with Crippen LogP contribution in [0.25, 0.3) is 22.6 Å². The van der Waals surface area contributed by atoms with Crippen molar-refractivity contribution in [1.82, 2.24) is 10.2 Å². The molecule has 1 heterocycles. The van der Waals surface area contributed by atoms with Crippen molar-refractivity contribution in [3.05, 3.63) is 79.7 Å². The molecule has 10 heteroatoms. The van der Waals surface area contributed by atoms with Gasteiger partial charge in [0.1, 0.15) is 5.03 Å². The zero-order valence-electron chi connectivity index (χ0n) is 14.5. The number of halogens is 1. The fourth-order valence-electron chi connectivity index (χ4n) is 2.51. The molecule has 0 N–H and O–H groups in total. The molecule has 0 amide bonds. The van der Waals surface area contributed by atoms with E-state index in [0.717, 1.165) is 0 Å². The molecule has 0 atom stereocenters. The molecular weight excluding hydrogens is 388 g/mol. The van der Waals surface area contributed by atoms with Crippen LogP contribution in [0.5, 0.6) is 0 Å². The molecule has 0 aliphatic heterocycles. The second-order valence-electron chi connectivity index (χ2n) is 5.71. The third-order valence-electron chi connectivity index (χ3n) is 3.93. The van der Waals surface area contributed by atoms with E-state index in [1.165, 1.54) is 36.4 Å². The largest absolute Gasteiger partial charge is 0.415 e. The van der Waals surface area contributed by atoms with Crippen molar-refractivity contribution >= 4 is 34.1 Å². The van der Waals surface area contributed by atoms with Crippen LogP contribution in [0, 0.1) is 20.2 Å². The van der Waals surface area contributed by atoms with Gasteiger partial charge in [-0.2, -0.15) is 0 Å². The van der Waals surface area contributed by atoms with Crippen LogP contribution in [0.2, 0.25) is 0 Å². The monoisotopic (exact) mass is 400 g/mol. The van der Waals surface area contributed by atoms with Gasteiger partial charge in [0.05, 0.1) is 9.85 Å². The fraction of sp³-hybridized carbons (Fsp3) is 0.111. The van der Waals surface area contributed by atoms with E-state index in [2.05, 4.69) is 10.2 Å². The Bertz CT molecular complexity index is 1080. The van der Waals surface area contributed by atoms with Crippen LogP contribution >= 0.6 is 11.6 Å². The summed E-state index contributed by atoms with van der Waals surface area (Å²) in [5, 5.41) is 29.7. The van der Waals surface area contributed by atoms with Gasteiger partial charge in [-0.05, 0) is 30.2 Å². The highest BCUT2D eigenvalue weighted by Crippen LogP contribution is 2.28. The predicted octanol–water partition coefficient (Wildman–Crippen LogP) is 4.85. The summed E-state index contributed by atoms with van der Waals surface area (Å²) in [6.45, 7) is 1.84. The Balaban J connectivity index is 1.87. The molecule has 0 spiro atoms. The molecule has 0 bridgehead atoms. The normalized spacial score (nSPS) is 11.4. The minimum Gasteiger partial charge on any atom is -0.415 e. The summed E-state index contributed by atoms with van der Waals surface area (Å²) in [5.41, 5.74) is 1.59. The molecule has 3 rings (SSSR count). The number of nitro benzene ring substituents is 2. The Kier molecular flexibility index (Phi) is 5.46. The van der Waals surface area contributed by atoms with Crippen LogP contribution in [0.15, 0.2) is 46.9 Å². The lowest BCUT2D eigenvalue weighted by molar-refractivity contribution is -0.385. The van der Waals surface area contributed by atoms with Gasteiger partial charge < -0.3 is 4.42 Å². The minimum atomic E-state index is -0.508. The third-order valence-corrected chi connectivity index (χ3v) is 4.21.